The summed E-state index contributed by atoms with van der Waals surface area (Å²) in [5.74, 6) is 1.54. The van der Waals surface area contributed by atoms with E-state index in [9.17, 15) is 4.79 Å². The van der Waals surface area contributed by atoms with E-state index in [4.69, 9.17) is 4.74 Å². The van der Waals surface area contributed by atoms with Crippen LogP contribution >= 0.6 is 15.9 Å². The van der Waals surface area contributed by atoms with Gasteiger partial charge in [-0.2, -0.15) is 0 Å². The summed E-state index contributed by atoms with van der Waals surface area (Å²) >= 11 is 3.58. The van der Waals surface area contributed by atoms with Gasteiger partial charge in [-0.1, -0.05) is 62.7 Å². The zero-order chi connectivity index (χ0) is 20.2. The van der Waals surface area contributed by atoms with Gasteiger partial charge in [0.15, 0.2) is 0 Å². The number of rotatable bonds is 7. The van der Waals surface area contributed by atoms with Crippen LogP contribution in [0.2, 0.25) is 0 Å². The van der Waals surface area contributed by atoms with Gasteiger partial charge in [0.2, 0.25) is 0 Å². The largest absolute Gasteiger partial charge is 0.381 e. The number of fused-ring (bicyclic) bond motifs is 1. The maximum absolute atomic E-state index is 10.8. The molecule has 26 heavy (non-hydrogen) atoms. The van der Waals surface area contributed by atoms with E-state index in [0.29, 0.717) is 17.4 Å². The molecular weight excluding hydrogens is 388 g/mol. The van der Waals surface area contributed by atoms with E-state index in [0.717, 1.165) is 24.5 Å². The molecule has 2 saturated carbocycles. The van der Waals surface area contributed by atoms with Crippen LogP contribution in [0.5, 0.6) is 0 Å². The third kappa shape index (κ3) is 6.64. The Morgan fingerprint density at radius 1 is 1.35 bits per heavy atom. The zero-order valence-corrected chi connectivity index (χ0v) is 19.5. The van der Waals surface area contributed by atoms with Crippen molar-refractivity contribution in [3.63, 3.8) is 0 Å². The third-order valence-electron chi connectivity index (χ3n) is 6.13. The molecule has 0 aromatic carbocycles. The molecular formula is C23H41BrO2. The Hall–Kier alpha value is -0.410. The van der Waals surface area contributed by atoms with E-state index in [1.165, 1.54) is 38.5 Å². The first-order valence-electron chi connectivity index (χ1n) is 10.5. The lowest BCUT2D eigenvalue weighted by atomic mass is 9.63. The van der Waals surface area contributed by atoms with Gasteiger partial charge in [0, 0.05) is 13.5 Å². The summed E-state index contributed by atoms with van der Waals surface area (Å²) in [7, 11) is 1.74. The number of aldehydes is 1. The van der Waals surface area contributed by atoms with Crippen LogP contribution in [0.4, 0.5) is 0 Å². The Morgan fingerprint density at radius 3 is 2.54 bits per heavy atom. The lowest BCUT2D eigenvalue weighted by Crippen LogP contribution is -2.33. The molecule has 0 bridgehead atoms. The summed E-state index contributed by atoms with van der Waals surface area (Å²) in [5.41, 5.74) is 2.72. The predicted molar refractivity (Wildman–Crippen MR) is 118 cm³/mol. The molecule has 0 aromatic rings. The van der Waals surface area contributed by atoms with E-state index < -0.39 is 0 Å². The molecule has 2 nitrogen and oxygen atoms in total. The van der Waals surface area contributed by atoms with Gasteiger partial charge in [-0.15, -0.1) is 0 Å². The van der Waals surface area contributed by atoms with Crippen molar-refractivity contribution >= 4 is 22.2 Å². The summed E-state index contributed by atoms with van der Waals surface area (Å²) < 4.78 is 5.56. The fourth-order valence-electron chi connectivity index (χ4n) is 4.78. The number of halogens is 1. The van der Waals surface area contributed by atoms with Gasteiger partial charge in [-0.3, -0.25) is 4.79 Å². The van der Waals surface area contributed by atoms with Crippen LogP contribution in [0, 0.1) is 17.3 Å². The summed E-state index contributed by atoms with van der Waals surface area (Å²) in [4.78, 5) is 12.9. The van der Waals surface area contributed by atoms with E-state index >= 15 is 0 Å². The van der Waals surface area contributed by atoms with Crippen LogP contribution in [0.15, 0.2) is 22.7 Å². The molecule has 0 aliphatic heterocycles. The first-order chi connectivity index (χ1) is 12.5. The van der Waals surface area contributed by atoms with Gasteiger partial charge >= 0.3 is 0 Å². The van der Waals surface area contributed by atoms with Crippen molar-refractivity contribution in [1.29, 1.82) is 0 Å². The van der Waals surface area contributed by atoms with Crippen molar-refractivity contribution in [2.75, 3.05) is 7.11 Å². The zero-order valence-electron chi connectivity index (χ0n) is 17.9. The number of hydrogen-bond acceptors (Lipinski definition) is 2. The molecule has 0 heterocycles. The Labute approximate surface area is 171 Å². The van der Waals surface area contributed by atoms with E-state index in [1.807, 2.05) is 27.7 Å². The lowest BCUT2D eigenvalue weighted by molar-refractivity contribution is -0.105. The van der Waals surface area contributed by atoms with Crippen LogP contribution < -0.4 is 0 Å². The number of ether oxygens (including phenoxy) is 1. The highest BCUT2D eigenvalue weighted by Gasteiger charge is 2.48. The summed E-state index contributed by atoms with van der Waals surface area (Å²) in [6, 6.07) is 0. The second-order valence-electron chi connectivity index (χ2n) is 7.29. The Bertz CT molecular complexity index is 443. The fourth-order valence-corrected chi connectivity index (χ4v) is 5.33. The minimum atomic E-state index is 0.134. The van der Waals surface area contributed by atoms with Gasteiger partial charge in [-0.05, 0) is 72.8 Å². The highest BCUT2D eigenvalue weighted by molar-refractivity contribution is 9.11. The highest BCUT2D eigenvalue weighted by atomic mass is 79.9. The SMILES string of the molecule is C=C(C=O)CC(CCC1CCC2/C(=C/Br)CCCC12C)OC.CC.CC. The topological polar surface area (TPSA) is 26.3 Å². The molecule has 0 aromatic heterocycles. The molecule has 0 N–H and O–H groups in total. The molecule has 4 unspecified atom stereocenters. The first-order valence-corrected chi connectivity index (χ1v) is 11.4. The molecule has 2 aliphatic rings. The van der Waals surface area contributed by atoms with Crippen molar-refractivity contribution in [1.82, 2.24) is 0 Å². The average molecular weight is 429 g/mol. The van der Waals surface area contributed by atoms with Crippen LogP contribution in [0.25, 0.3) is 0 Å². The molecule has 152 valence electrons. The van der Waals surface area contributed by atoms with Gasteiger partial charge in [-0.25, -0.2) is 0 Å². The second-order valence-corrected chi connectivity index (χ2v) is 7.74. The van der Waals surface area contributed by atoms with Crippen molar-refractivity contribution < 1.29 is 9.53 Å². The van der Waals surface area contributed by atoms with Crippen molar-refractivity contribution in [2.45, 2.75) is 92.1 Å². The molecule has 4 atom stereocenters. The molecule has 2 fully saturated rings. The standard InChI is InChI=1S/C19H29BrO2.2C2H6/c1-14(13-21)11-17(22-3)8-6-16-7-9-18-15(12-20)5-4-10-19(16,18)2;2*1-2/h12-13,16-18H,1,4-11H2,2-3H3;2*1-2H3/b15-12+;;. The highest BCUT2D eigenvalue weighted by Crippen LogP contribution is 2.58. The number of allylic oxidation sites excluding steroid dienone is 1. The van der Waals surface area contributed by atoms with Crippen molar-refractivity contribution in [3.8, 4) is 0 Å². The fraction of sp³-hybridized carbons (Fsp3) is 0.783. The normalized spacial score (nSPS) is 29.6. The quantitative estimate of drug-likeness (QED) is 0.310. The van der Waals surface area contributed by atoms with E-state index in [1.54, 1.807) is 12.7 Å². The molecule has 2 rings (SSSR count). The first kappa shape index (κ1) is 25.6. The summed E-state index contributed by atoms with van der Waals surface area (Å²) in [6.45, 7) is 14.3. The molecule has 2 aliphatic carbocycles. The van der Waals surface area contributed by atoms with Crippen molar-refractivity contribution in [2.24, 2.45) is 17.3 Å². The number of carbonyl (C=O) groups is 1. The molecule has 0 radical (unpaired) electrons. The Kier molecular flexibility index (Phi) is 13.5. The monoisotopic (exact) mass is 428 g/mol. The minimum Gasteiger partial charge on any atom is -0.381 e. The van der Waals surface area contributed by atoms with Gasteiger partial charge in [0.05, 0.1) is 6.10 Å². The lowest BCUT2D eigenvalue weighted by Gasteiger charge is -2.42. The van der Waals surface area contributed by atoms with E-state index in [-0.39, 0.29) is 6.10 Å². The summed E-state index contributed by atoms with van der Waals surface area (Å²) in [5, 5.41) is 0. The van der Waals surface area contributed by atoms with Crippen LogP contribution in [0.3, 0.4) is 0 Å². The Balaban J connectivity index is 0.00000146. The molecule has 0 saturated heterocycles. The molecule has 0 spiro atoms. The molecule has 3 heteroatoms. The van der Waals surface area contributed by atoms with Gasteiger partial charge in [0.1, 0.15) is 6.29 Å². The van der Waals surface area contributed by atoms with Crippen LogP contribution in [-0.2, 0) is 9.53 Å². The summed E-state index contributed by atoms with van der Waals surface area (Å²) in [6.07, 6.45) is 10.5. The smallest absolute Gasteiger partial charge is 0.145 e. The van der Waals surface area contributed by atoms with Gasteiger partial charge in [0.25, 0.3) is 0 Å². The maximum Gasteiger partial charge on any atom is 0.145 e. The number of methoxy groups -OCH3 is 1. The second kappa shape index (κ2) is 13.7. The predicted octanol–water partition coefficient (Wildman–Crippen LogP) is 7.47. The van der Waals surface area contributed by atoms with Gasteiger partial charge < -0.3 is 4.74 Å². The third-order valence-corrected chi connectivity index (χ3v) is 6.72. The Morgan fingerprint density at radius 2 is 2.00 bits per heavy atom. The van der Waals surface area contributed by atoms with Crippen LogP contribution in [-0.4, -0.2) is 19.5 Å². The van der Waals surface area contributed by atoms with E-state index in [2.05, 4.69) is 34.4 Å². The average Bonchev–Trinajstić information content (AvgIpc) is 3.04. The number of hydrogen-bond donors (Lipinski definition) is 0. The van der Waals surface area contributed by atoms with Crippen molar-refractivity contribution in [3.05, 3.63) is 22.7 Å². The maximum atomic E-state index is 10.8. The van der Waals surface area contributed by atoms with Crippen LogP contribution in [0.1, 0.15) is 86.0 Å². The number of carbonyl (C=O) groups excluding carboxylic acids is 1. The molecule has 0 amide bonds. The minimum absolute atomic E-state index is 0.134.